The topological polar surface area (TPSA) is 53.1 Å². The highest BCUT2D eigenvalue weighted by molar-refractivity contribution is 5.95. The van der Waals surface area contributed by atoms with Gasteiger partial charge in [0.15, 0.2) is 0 Å². The van der Waals surface area contributed by atoms with Crippen molar-refractivity contribution in [2.75, 3.05) is 46.4 Å². The van der Waals surface area contributed by atoms with Crippen LogP contribution in [0.4, 0.5) is 0 Å². The van der Waals surface area contributed by atoms with Crippen molar-refractivity contribution < 1.29 is 14.3 Å². The van der Waals surface area contributed by atoms with Gasteiger partial charge >= 0.3 is 0 Å². The Balaban J connectivity index is 1.11. The number of hydrogen-bond donors (Lipinski definition) is 0. The maximum absolute atomic E-state index is 12.9. The van der Waals surface area contributed by atoms with Gasteiger partial charge in [-0.2, -0.15) is 0 Å². The lowest BCUT2D eigenvalue weighted by Gasteiger charge is -2.48. The van der Waals surface area contributed by atoms with Gasteiger partial charge in [-0.3, -0.25) is 14.5 Å². The summed E-state index contributed by atoms with van der Waals surface area (Å²) in [4.78, 5) is 31.8. The normalized spacial score (nSPS) is 16.7. The minimum absolute atomic E-state index is 0.0791. The van der Waals surface area contributed by atoms with Gasteiger partial charge in [-0.1, -0.05) is 42.5 Å². The third-order valence-corrected chi connectivity index (χ3v) is 6.84. The van der Waals surface area contributed by atoms with Gasteiger partial charge in [-0.15, -0.1) is 0 Å². The molecule has 2 saturated heterocycles. The predicted molar refractivity (Wildman–Crippen MR) is 132 cm³/mol. The number of carbonyl (C=O) groups is 2. The van der Waals surface area contributed by atoms with E-state index in [-0.39, 0.29) is 11.8 Å². The molecule has 6 heteroatoms. The van der Waals surface area contributed by atoms with Crippen LogP contribution in [0.3, 0.4) is 0 Å². The van der Waals surface area contributed by atoms with Gasteiger partial charge in [-0.05, 0) is 47.5 Å². The van der Waals surface area contributed by atoms with Gasteiger partial charge < -0.3 is 14.5 Å². The monoisotopic (exact) mass is 455 g/mol. The standard InChI is InChI=1S/C28H29N3O3/c1-34-26-13-11-22(12-14-26)21-7-9-24(10-8-21)28(33)31-19-25(20-31)29-15-17-30(18-16-29)27(32)23-5-3-2-4-6-23/h2-14,25H,15-20H2,1H3. The van der Waals surface area contributed by atoms with Crippen molar-refractivity contribution in [2.45, 2.75) is 6.04 Å². The number of piperazine rings is 1. The first-order valence-corrected chi connectivity index (χ1v) is 11.7. The average Bonchev–Trinajstić information content (AvgIpc) is 2.88. The minimum Gasteiger partial charge on any atom is -0.497 e. The van der Waals surface area contributed by atoms with Crippen molar-refractivity contribution in [1.29, 1.82) is 0 Å². The van der Waals surface area contributed by atoms with E-state index in [9.17, 15) is 9.59 Å². The number of methoxy groups -OCH3 is 1. The zero-order valence-corrected chi connectivity index (χ0v) is 19.4. The fourth-order valence-electron chi connectivity index (χ4n) is 4.68. The largest absolute Gasteiger partial charge is 0.497 e. The molecule has 0 aliphatic carbocycles. The first kappa shape index (κ1) is 22.2. The molecular weight excluding hydrogens is 426 g/mol. The van der Waals surface area contributed by atoms with Crippen LogP contribution in [0.1, 0.15) is 20.7 Å². The summed E-state index contributed by atoms with van der Waals surface area (Å²) >= 11 is 0. The maximum Gasteiger partial charge on any atom is 0.253 e. The Morgan fingerprint density at radius 1 is 0.676 bits per heavy atom. The van der Waals surface area contributed by atoms with Crippen LogP contribution in [0.5, 0.6) is 5.75 Å². The van der Waals surface area contributed by atoms with E-state index in [0.717, 1.165) is 61.7 Å². The van der Waals surface area contributed by atoms with Gasteiger partial charge in [0.2, 0.25) is 0 Å². The second kappa shape index (κ2) is 9.69. The molecule has 2 heterocycles. The lowest BCUT2D eigenvalue weighted by atomic mass is 10.0. The first-order valence-electron chi connectivity index (χ1n) is 11.7. The van der Waals surface area contributed by atoms with Crippen LogP contribution in [0, 0.1) is 0 Å². The number of rotatable bonds is 5. The molecule has 0 spiro atoms. The van der Waals surface area contributed by atoms with E-state index in [1.165, 1.54) is 0 Å². The summed E-state index contributed by atoms with van der Waals surface area (Å²) in [7, 11) is 1.66. The summed E-state index contributed by atoms with van der Waals surface area (Å²) < 4.78 is 5.22. The van der Waals surface area contributed by atoms with Gasteiger partial charge in [0, 0.05) is 56.4 Å². The first-order chi connectivity index (χ1) is 16.6. The summed E-state index contributed by atoms with van der Waals surface area (Å²) in [5.41, 5.74) is 3.63. The molecule has 0 N–H and O–H groups in total. The van der Waals surface area contributed by atoms with Crippen molar-refractivity contribution in [2.24, 2.45) is 0 Å². The Kier molecular flexibility index (Phi) is 6.32. The molecule has 2 fully saturated rings. The Morgan fingerprint density at radius 3 is 1.79 bits per heavy atom. The summed E-state index contributed by atoms with van der Waals surface area (Å²) in [6.07, 6.45) is 0. The maximum atomic E-state index is 12.9. The number of ether oxygens (including phenoxy) is 1. The van der Waals surface area contributed by atoms with Gasteiger partial charge in [0.25, 0.3) is 11.8 Å². The van der Waals surface area contributed by atoms with Crippen molar-refractivity contribution in [3.63, 3.8) is 0 Å². The number of likely N-dealkylation sites (tertiary alicyclic amines) is 1. The van der Waals surface area contributed by atoms with E-state index >= 15 is 0 Å². The number of carbonyl (C=O) groups excluding carboxylic acids is 2. The lowest BCUT2D eigenvalue weighted by molar-refractivity contribution is 0.00854. The third-order valence-electron chi connectivity index (χ3n) is 6.84. The molecule has 34 heavy (non-hydrogen) atoms. The van der Waals surface area contributed by atoms with Crippen LogP contribution in [0.25, 0.3) is 11.1 Å². The molecule has 5 rings (SSSR count). The average molecular weight is 456 g/mol. The lowest BCUT2D eigenvalue weighted by Crippen LogP contribution is -2.64. The van der Waals surface area contributed by atoms with Crippen molar-refractivity contribution in [3.8, 4) is 16.9 Å². The molecule has 3 aromatic carbocycles. The molecule has 3 aromatic rings. The zero-order valence-electron chi connectivity index (χ0n) is 19.4. The Bertz CT molecular complexity index is 1130. The molecule has 0 saturated carbocycles. The fourth-order valence-corrected chi connectivity index (χ4v) is 4.68. The molecule has 0 bridgehead atoms. The summed E-state index contributed by atoms with van der Waals surface area (Å²) in [6, 6.07) is 25.5. The van der Waals surface area contributed by atoms with E-state index < -0.39 is 0 Å². The van der Waals surface area contributed by atoms with Gasteiger partial charge in [0.1, 0.15) is 5.75 Å². The molecule has 174 valence electrons. The highest BCUT2D eigenvalue weighted by Crippen LogP contribution is 2.25. The van der Waals surface area contributed by atoms with Crippen LogP contribution in [-0.4, -0.2) is 78.9 Å². The number of nitrogens with zero attached hydrogens (tertiary/aromatic N) is 3. The van der Waals surface area contributed by atoms with E-state index in [1.54, 1.807) is 7.11 Å². The molecular formula is C28H29N3O3. The molecule has 0 unspecified atom stereocenters. The highest BCUT2D eigenvalue weighted by atomic mass is 16.5. The van der Waals surface area contributed by atoms with Gasteiger partial charge in [0.05, 0.1) is 7.11 Å². The second-order valence-corrected chi connectivity index (χ2v) is 8.86. The summed E-state index contributed by atoms with van der Waals surface area (Å²) in [6.45, 7) is 4.64. The van der Waals surface area contributed by atoms with E-state index in [4.69, 9.17) is 4.74 Å². The van der Waals surface area contributed by atoms with Crippen molar-refractivity contribution in [3.05, 3.63) is 90.0 Å². The molecule has 0 atom stereocenters. The Labute approximate surface area is 200 Å². The van der Waals surface area contributed by atoms with Crippen molar-refractivity contribution in [1.82, 2.24) is 14.7 Å². The Hall–Kier alpha value is -3.64. The second-order valence-electron chi connectivity index (χ2n) is 8.86. The van der Waals surface area contributed by atoms with Crippen LogP contribution >= 0.6 is 0 Å². The SMILES string of the molecule is COc1ccc(-c2ccc(C(=O)N3CC(N4CCN(C(=O)c5ccccc5)CC4)C3)cc2)cc1. The van der Waals surface area contributed by atoms with Gasteiger partial charge in [-0.25, -0.2) is 0 Å². The third kappa shape index (κ3) is 4.54. The van der Waals surface area contributed by atoms with E-state index in [2.05, 4.69) is 4.90 Å². The number of hydrogen-bond acceptors (Lipinski definition) is 4. The van der Waals surface area contributed by atoms with Crippen LogP contribution < -0.4 is 4.74 Å². The van der Waals surface area contributed by atoms with E-state index in [1.807, 2.05) is 88.7 Å². The molecule has 2 aliphatic heterocycles. The van der Waals surface area contributed by atoms with Crippen LogP contribution in [-0.2, 0) is 0 Å². The molecule has 0 radical (unpaired) electrons. The van der Waals surface area contributed by atoms with Crippen LogP contribution in [0.15, 0.2) is 78.9 Å². The molecule has 0 aromatic heterocycles. The number of benzene rings is 3. The quantitative estimate of drug-likeness (QED) is 0.590. The van der Waals surface area contributed by atoms with Crippen LogP contribution in [0.2, 0.25) is 0 Å². The molecule has 2 aliphatic rings. The van der Waals surface area contributed by atoms with E-state index in [0.29, 0.717) is 11.6 Å². The fraction of sp³-hybridized carbons (Fsp3) is 0.286. The zero-order chi connectivity index (χ0) is 23.5. The Morgan fingerprint density at radius 2 is 1.21 bits per heavy atom. The van der Waals surface area contributed by atoms with Crippen molar-refractivity contribution >= 4 is 11.8 Å². The molecule has 6 nitrogen and oxygen atoms in total. The number of amides is 2. The minimum atomic E-state index is 0.0791. The highest BCUT2D eigenvalue weighted by Gasteiger charge is 2.37. The predicted octanol–water partition coefficient (Wildman–Crippen LogP) is 3.64. The summed E-state index contributed by atoms with van der Waals surface area (Å²) in [5.74, 6) is 1.01. The summed E-state index contributed by atoms with van der Waals surface area (Å²) in [5, 5.41) is 0. The molecule has 2 amide bonds. The smallest absolute Gasteiger partial charge is 0.253 e.